The minimum absolute atomic E-state index is 0.121. The SMILES string of the molecule is COCCN1CC2(CCN(S(=O)(=O)c3cccc(OC)c3)CC2)C1c1ccccc1. The van der Waals surface area contributed by atoms with Crippen LogP contribution in [0.25, 0.3) is 0 Å². The normalized spacial score (nSPS) is 22.0. The van der Waals surface area contributed by atoms with Gasteiger partial charge in [0.25, 0.3) is 0 Å². The molecule has 0 radical (unpaired) electrons. The van der Waals surface area contributed by atoms with Crippen LogP contribution in [-0.4, -0.2) is 64.6 Å². The molecule has 2 saturated heterocycles. The highest BCUT2D eigenvalue weighted by atomic mass is 32.2. The molecule has 0 amide bonds. The Kier molecular flexibility index (Phi) is 6.16. The van der Waals surface area contributed by atoms with Gasteiger partial charge < -0.3 is 9.47 Å². The highest BCUT2D eigenvalue weighted by Gasteiger charge is 2.54. The van der Waals surface area contributed by atoms with Crippen molar-refractivity contribution in [3.8, 4) is 5.75 Å². The molecule has 1 unspecified atom stereocenters. The summed E-state index contributed by atoms with van der Waals surface area (Å²) in [4.78, 5) is 2.76. The molecule has 0 bridgehead atoms. The van der Waals surface area contributed by atoms with Gasteiger partial charge in [-0.3, -0.25) is 4.90 Å². The van der Waals surface area contributed by atoms with Crippen LogP contribution in [-0.2, 0) is 14.8 Å². The maximum atomic E-state index is 13.2. The van der Waals surface area contributed by atoms with Gasteiger partial charge in [0.15, 0.2) is 0 Å². The number of benzene rings is 2. The third kappa shape index (κ3) is 3.87. The molecule has 0 aromatic heterocycles. The molecule has 2 aliphatic heterocycles. The quantitative estimate of drug-likeness (QED) is 0.675. The number of likely N-dealkylation sites (tertiary alicyclic amines) is 1. The van der Waals surface area contributed by atoms with Gasteiger partial charge in [0.1, 0.15) is 5.75 Å². The summed E-state index contributed by atoms with van der Waals surface area (Å²) in [6.07, 6.45) is 1.72. The van der Waals surface area contributed by atoms with Gasteiger partial charge in [-0.1, -0.05) is 36.4 Å². The summed E-state index contributed by atoms with van der Waals surface area (Å²) in [7, 11) is -0.240. The molecule has 30 heavy (non-hydrogen) atoms. The first-order valence-corrected chi connectivity index (χ1v) is 11.9. The van der Waals surface area contributed by atoms with E-state index in [1.807, 2.05) is 6.07 Å². The molecular formula is C23H30N2O4S. The molecule has 1 atom stereocenters. The number of hydrogen-bond donors (Lipinski definition) is 0. The summed E-state index contributed by atoms with van der Waals surface area (Å²) < 4.78 is 38.5. The van der Waals surface area contributed by atoms with Crippen LogP contribution >= 0.6 is 0 Å². The molecule has 0 saturated carbocycles. The number of sulfonamides is 1. The highest BCUT2D eigenvalue weighted by molar-refractivity contribution is 7.89. The Hall–Kier alpha value is -1.93. The zero-order chi connectivity index (χ0) is 21.2. The van der Waals surface area contributed by atoms with Gasteiger partial charge in [0.2, 0.25) is 10.0 Å². The van der Waals surface area contributed by atoms with Crippen molar-refractivity contribution in [3.05, 3.63) is 60.2 Å². The van der Waals surface area contributed by atoms with Gasteiger partial charge >= 0.3 is 0 Å². The number of piperidine rings is 1. The van der Waals surface area contributed by atoms with Gasteiger partial charge in [-0.15, -0.1) is 0 Å². The van der Waals surface area contributed by atoms with Gasteiger partial charge in [-0.2, -0.15) is 4.31 Å². The Bertz CT molecular complexity index is 956. The van der Waals surface area contributed by atoms with Crippen molar-refractivity contribution in [1.29, 1.82) is 0 Å². The van der Waals surface area contributed by atoms with E-state index in [4.69, 9.17) is 9.47 Å². The lowest BCUT2D eigenvalue weighted by molar-refractivity contribution is -0.110. The lowest BCUT2D eigenvalue weighted by Crippen LogP contribution is -2.62. The van der Waals surface area contributed by atoms with Crippen molar-refractivity contribution in [2.45, 2.75) is 23.8 Å². The van der Waals surface area contributed by atoms with E-state index in [1.165, 1.54) is 5.56 Å². The predicted octanol–water partition coefficient (Wildman–Crippen LogP) is 3.17. The zero-order valence-electron chi connectivity index (χ0n) is 17.7. The topological polar surface area (TPSA) is 59.1 Å². The maximum absolute atomic E-state index is 13.2. The Morgan fingerprint density at radius 3 is 2.43 bits per heavy atom. The van der Waals surface area contributed by atoms with E-state index in [0.29, 0.717) is 36.4 Å². The van der Waals surface area contributed by atoms with E-state index in [0.717, 1.165) is 25.9 Å². The van der Waals surface area contributed by atoms with Gasteiger partial charge in [-0.25, -0.2) is 8.42 Å². The monoisotopic (exact) mass is 430 g/mol. The van der Waals surface area contributed by atoms with E-state index < -0.39 is 10.0 Å². The summed E-state index contributed by atoms with van der Waals surface area (Å²) in [5.74, 6) is 0.557. The Labute approximate surface area is 179 Å². The molecule has 7 heteroatoms. The lowest BCUT2D eigenvalue weighted by atomic mass is 9.63. The first-order chi connectivity index (χ1) is 14.5. The van der Waals surface area contributed by atoms with Crippen LogP contribution in [0.1, 0.15) is 24.4 Å². The summed E-state index contributed by atoms with van der Waals surface area (Å²) in [6, 6.07) is 17.6. The van der Waals surface area contributed by atoms with Crippen LogP contribution in [0.2, 0.25) is 0 Å². The van der Waals surface area contributed by atoms with Crippen LogP contribution in [0.3, 0.4) is 0 Å². The third-order valence-electron chi connectivity index (χ3n) is 6.56. The molecule has 2 aliphatic rings. The Balaban J connectivity index is 1.51. The fourth-order valence-electron chi connectivity index (χ4n) is 4.99. The van der Waals surface area contributed by atoms with Gasteiger partial charge in [0, 0.05) is 50.8 Å². The average Bonchev–Trinajstić information content (AvgIpc) is 2.77. The van der Waals surface area contributed by atoms with Crippen LogP contribution < -0.4 is 4.74 Å². The summed E-state index contributed by atoms with van der Waals surface area (Å²) in [5, 5.41) is 0. The molecule has 0 aliphatic carbocycles. The van der Waals surface area contributed by atoms with Crippen molar-refractivity contribution in [2.24, 2.45) is 5.41 Å². The largest absolute Gasteiger partial charge is 0.497 e. The minimum atomic E-state index is -3.52. The van der Waals surface area contributed by atoms with E-state index >= 15 is 0 Å². The molecule has 4 rings (SSSR count). The molecule has 6 nitrogen and oxygen atoms in total. The van der Waals surface area contributed by atoms with E-state index in [2.05, 4.69) is 29.2 Å². The second kappa shape index (κ2) is 8.67. The smallest absolute Gasteiger partial charge is 0.243 e. The minimum Gasteiger partial charge on any atom is -0.497 e. The molecule has 2 fully saturated rings. The summed E-state index contributed by atoms with van der Waals surface area (Å²) in [5.41, 5.74) is 1.43. The molecule has 2 aromatic carbocycles. The van der Waals surface area contributed by atoms with Crippen molar-refractivity contribution in [2.75, 3.05) is 47.0 Å². The Morgan fingerprint density at radius 1 is 1.03 bits per heavy atom. The van der Waals surface area contributed by atoms with Crippen molar-refractivity contribution >= 4 is 10.0 Å². The number of ether oxygens (including phenoxy) is 2. The fourth-order valence-corrected chi connectivity index (χ4v) is 6.46. The molecule has 2 heterocycles. The predicted molar refractivity (Wildman–Crippen MR) is 116 cm³/mol. The van der Waals surface area contributed by atoms with Gasteiger partial charge in [0.05, 0.1) is 18.6 Å². The standard InChI is InChI=1S/C23H30N2O4S/c1-28-16-15-24-18-23(22(24)19-7-4-3-5-8-19)11-13-25(14-12-23)30(26,27)21-10-6-9-20(17-21)29-2/h3-10,17,22H,11-16,18H2,1-2H3. The molecule has 1 spiro atoms. The van der Waals surface area contributed by atoms with Crippen molar-refractivity contribution < 1.29 is 17.9 Å². The van der Waals surface area contributed by atoms with Crippen LogP contribution in [0.5, 0.6) is 5.75 Å². The molecule has 162 valence electrons. The molecule has 0 N–H and O–H groups in total. The zero-order valence-corrected chi connectivity index (χ0v) is 18.5. The third-order valence-corrected chi connectivity index (χ3v) is 8.45. The first kappa shape index (κ1) is 21.3. The van der Waals surface area contributed by atoms with Crippen LogP contribution in [0.15, 0.2) is 59.5 Å². The number of methoxy groups -OCH3 is 2. The first-order valence-electron chi connectivity index (χ1n) is 10.4. The van der Waals surface area contributed by atoms with Crippen LogP contribution in [0.4, 0.5) is 0 Å². The second-order valence-electron chi connectivity index (χ2n) is 8.22. The van der Waals surface area contributed by atoms with E-state index in [1.54, 1.807) is 42.8 Å². The fraction of sp³-hybridized carbons (Fsp3) is 0.478. The van der Waals surface area contributed by atoms with Crippen molar-refractivity contribution in [1.82, 2.24) is 9.21 Å². The summed E-state index contributed by atoms with van der Waals surface area (Å²) in [6.45, 7) is 3.67. The van der Waals surface area contributed by atoms with E-state index in [9.17, 15) is 8.42 Å². The van der Waals surface area contributed by atoms with Gasteiger partial charge in [-0.05, 0) is 30.5 Å². The molecular weight excluding hydrogens is 400 g/mol. The maximum Gasteiger partial charge on any atom is 0.243 e. The molecule has 2 aromatic rings. The number of nitrogens with zero attached hydrogens (tertiary/aromatic N) is 2. The van der Waals surface area contributed by atoms with Crippen molar-refractivity contribution in [3.63, 3.8) is 0 Å². The number of rotatable bonds is 7. The number of hydrogen-bond acceptors (Lipinski definition) is 5. The lowest BCUT2D eigenvalue weighted by Gasteiger charge is -2.60. The highest BCUT2D eigenvalue weighted by Crippen LogP contribution is 2.55. The van der Waals surface area contributed by atoms with Crippen LogP contribution in [0, 0.1) is 5.41 Å². The second-order valence-corrected chi connectivity index (χ2v) is 10.2. The average molecular weight is 431 g/mol. The summed E-state index contributed by atoms with van der Waals surface area (Å²) >= 11 is 0. The Morgan fingerprint density at radius 2 is 1.77 bits per heavy atom. The van der Waals surface area contributed by atoms with E-state index in [-0.39, 0.29) is 5.41 Å².